The minimum absolute atomic E-state index is 0.0895. The fourth-order valence-electron chi connectivity index (χ4n) is 1.53. The van der Waals surface area contributed by atoms with Crippen LogP contribution in [0.15, 0.2) is 5.16 Å². The quantitative estimate of drug-likeness (QED) is 0.577. The minimum atomic E-state index is -0.0895. The third kappa shape index (κ3) is 3.47. The highest BCUT2D eigenvalue weighted by molar-refractivity contribution is 7.99. The summed E-state index contributed by atoms with van der Waals surface area (Å²) in [6.45, 7) is 4.28. The van der Waals surface area contributed by atoms with Crippen LogP contribution in [-0.2, 0) is 11.3 Å². The van der Waals surface area contributed by atoms with Crippen molar-refractivity contribution in [1.29, 1.82) is 0 Å². The Kier molecular flexibility index (Phi) is 4.05. The summed E-state index contributed by atoms with van der Waals surface area (Å²) >= 11 is 1.23. The van der Waals surface area contributed by atoms with Gasteiger partial charge in [0.2, 0.25) is 17.0 Å². The van der Waals surface area contributed by atoms with Gasteiger partial charge < -0.3 is 11.1 Å². The number of aromatic amines is 2. The van der Waals surface area contributed by atoms with Crippen LogP contribution in [0.4, 0.5) is 5.95 Å². The summed E-state index contributed by atoms with van der Waals surface area (Å²) in [7, 11) is 0. The molecule has 8 nitrogen and oxygen atoms in total. The second-order valence-corrected chi connectivity index (χ2v) is 4.92. The van der Waals surface area contributed by atoms with E-state index in [0.717, 1.165) is 17.0 Å². The number of rotatable bonds is 5. The number of thioether (sulfide) groups is 1. The second-order valence-electron chi connectivity index (χ2n) is 3.98. The zero-order chi connectivity index (χ0) is 13.8. The molecule has 19 heavy (non-hydrogen) atoms. The van der Waals surface area contributed by atoms with Crippen molar-refractivity contribution in [1.82, 2.24) is 30.7 Å². The predicted octanol–water partition coefficient (Wildman–Crippen LogP) is 0.135. The molecule has 2 aromatic rings. The number of carbonyl (C=O) groups is 1. The van der Waals surface area contributed by atoms with E-state index in [1.807, 2.05) is 13.8 Å². The van der Waals surface area contributed by atoms with E-state index in [9.17, 15) is 4.79 Å². The van der Waals surface area contributed by atoms with Gasteiger partial charge in [-0.25, -0.2) is 5.10 Å². The molecule has 0 aliphatic heterocycles. The average molecular weight is 281 g/mol. The Morgan fingerprint density at radius 1 is 1.37 bits per heavy atom. The first-order chi connectivity index (χ1) is 9.06. The van der Waals surface area contributed by atoms with Crippen LogP contribution in [-0.4, -0.2) is 37.0 Å². The summed E-state index contributed by atoms with van der Waals surface area (Å²) in [6.07, 6.45) is 0. The average Bonchev–Trinajstić information content (AvgIpc) is 2.92. The maximum Gasteiger partial charge on any atom is 0.230 e. The number of aromatic nitrogens is 5. The normalized spacial score (nSPS) is 10.6. The molecule has 0 saturated heterocycles. The molecule has 2 heterocycles. The number of hydrogen-bond acceptors (Lipinski definition) is 6. The number of nitrogens with two attached hydrogens (primary N) is 1. The number of nitrogen functional groups attached to an aromatic ring is 1. The Morgan fingerprint density at radius 3 is 2.74 bits per heavy atom. The molecule has 0 spiro atoms. The van der Waals surface area contributed by atoms with E-state index < -0.39 is 0 Å². The van der Waals surface area contributed by atoms with Crippen LogP contribution in [0.5, 0.6) is 0 Å². The van der Waals surface area contributed by atoms with Gasteiger partial charge in [0, 0.05) is 17.8 Å². The molecule has 0 atom stereocenters. The van der Waals surface area contributed by atoms with E-state index in [4.69, 9.17) is 5.73 Å². The van der Waals surface area contributed by atoms with Gasteiger partial charge in [-0.05, 0) is 13.8 Å². The van der Waals surface area contributed by atoms with Gasteiger partial charge in [0.1, 0.15) is 0 Å². The number of H-pyrrole nitrogens is 2. The maximum atomic E-state index is 11.7. The van der Waals surface area contributed by atoms with Gasteiger partial charge in [-0.3, -0.25) is 9.89 Å². The molecule has 2 aromatic heterocycles. The molecule has 102 valence electrons. The Balaban J connectivity index is 1.79. The first kappa shape index (κ1) is 13.4. The van der Waals surface area contributed by atoms with Crippen molar-refractivity contribution < 1.29 is 4.79 Å². The van der Waals surface area contributed by atoms with Crippen LogP contribution in [0.2, 0.25) is 0 Å². The number of amides is 1. The van der Waals surface area contributed by atoms with E-state index in [0.29, 0.717) is 11.7 Å². The molecule has 0 radical (unpaired) electrons. The van der Waals surface area contributed by atoms with E-state index in [1.165, 1.54) is 11.8 Å². The highest BCUT2D eigenvalue weighted by Crippen LogP contribution is 2.12. The first-order valence-corrected chi connectivity index (χ1v) is 6.62. The summed E-state index contributed by atoms with van der Waals surface area (Å²) in [4.78, 5) is 15.6. The maximum absolute atomic E-state index is 11.7. The van der Waals surface area contributed by atoms with Crippen molar-refractivity contribution in [3.05, 3.63) is 17.0 Å². The zero-order valence-electron chi connectivity index (χ0n) is 10.6. The summed E-state index contributed by atoms with van der Waals surface area (Å²) < 4.78 is 0. The fraction of sp³-hybridized carbons (Fsp3) is 0.400. The van der Waals surface area contributed by atoms with Crippen molar-refractivity contribution >= 4 is 23.6 Å². The molecular formula is C10H15N7OS. The summed E-state index contributed by atoms with van der Waals surface area (Å²) in [5.41, 5.74) is 8.26. The Bertz CT molecular complexity index is 557. The fourth-order valence-corrected chi connectivity index (χ4v) is 2.16. The lowest BCUT2D eigenvalue weighted by atomic mass is 10.2. The zero-order valence-corrected chi connectivity index (χ0v) is 11.5. The number of nitrogens with one attached hydrogen (secondary N) is 3. The summed E-state index contributed by atoms with van der Waals surface area (Å²) in [6, 6.07) is 0. The molecule has 5 N–H and O–H groups in total. The smallest absolute Gasteiger partial charge is 0.230 e. The molecule has 0 aromatic carbocycles. The van der Waals surface area contributed by atoms with Crippen LogP contribution in [0, 0.1) is 13.8 Å². The Hall–Kier alpha value is -2.03. The van der Waals surface area contributed by atoms with Gasteiger partial charge in [0.25, 0.3) is 0 Å². The number of aryl methyl sites for hydroxylation is 2. The lowest BCUT2D eigenvalue weighted by molar-refractivity contribution is -0.118. The second kappa shape index (κ2) is 5.74. The van der Waals surface area contributed by atoms with Crippen molar-refractivity contribution in [2.75, 3.05) is 11.5 Å². The molecule has 0 aliphatic rings. The molecule has 0 aliphatic carbocycles. The van der Waals surface area contributed by atoms with Gasteiger partial charge in [0.05, 0.1) is 11.4 Å². The van der Waals surface area contributed by atoms with Crippen molar-refractivity contribution in [3.63, 3.8) is 0 Å². The first-order valence-electron chi connectivity index (χ1n) is 5.64. The summed E-state index contributed by atoms with van der Waals surface area (Å²) in [5, 5.41) is 16.6. The lowest BCUT2D eigenvalue weighted by Crippen LogP contribution is -2.25. The van der Waals surface area contributed by atoms with Crippen LogP contribution in [0.3, 0.4) is 0 Å². The number of anilines is 1. The van der Waals surface area contributed by atoms with Crippen LogP contribution < -0.4 is 11.1 Å². The molecule has 9 heteroatoms. The largest absolute Gasteiger partial charge is 0.368 e. The Labute approximate surface area is 114 Å². The molecular weight excluding hydrogens is 266 g/mol. The molecule has 0 saturated carbocycles. The number of hydrogen-bond donors (Lipinski definition) is 4. The van der Waals surface area contributed by atoms with Gasteiger partial charge in [-0.15, -0.1) is 5.10 Å². The molecule has 0 unspecified atom stereocenters. The standard InChI is InChI=1S/C10H15N7OS/c1-5-7(6(2)15-14-5)3-12-8(18)4-19-10-13-9(11)16-17-10/h3-4H2,1-2H3,(H,12,18)(H,14,15)(H3,11,13,16,17). The van der Waals surface area contributed by atoms with Crippen molar-refractivity contribution in [3.8, 4) is 0 Å². The SMILES string of the molecule is Cc1n[nH]c(C)c1CNC(=O)CSc1n[nH]c(N)n1. The van der Waals surface area contributed by atoms with Gasteiger partial charge in [-0.1, -0.05) is 11.8 Å². The van der Waals surface area contributed by atoms with E-state index in [1.54, 1.807) is 0 Å². The van der Waals surface area contributed by atoms with Gasteiger partial charge in [-0.2, -0.15) is 10.1 Å². The minimum Gasteiger partial charge on any atom is -0.368 e. The molecule has 0 fully saturated rings. The third-order valence-corrected chi connectivity index (χ3v) is 3.40. The van der Waals surface area contributed by atoms with Crippen molar-refractivity contribution in [2.45, 2.75) is 25.5 Å². The predicted molar refractivity (Wildman–Crippen MR) is 71.4 cm³/mol. The van der Waals surface area contributed by atoms with Gasteiger partial charge >= 0.3 is 0 Å². The molecule has 1 amide bonds. The highest BCUT2D eigenvalue weighted by Gasteiger charge is 2.09. The Morgan fingerprint density at radius 2 is 2.16 bits per heavy atom. The van der Waals surface area contributed by atoms with Crippen LogP contribution in [0.25, 0.3) is 0 Å². The van der Waals surface area contributed by atoms with E-state index >= 15 is 0 Å². The topological polar surface area (TPSA) is 125 Å². The van der Waals surface area contributed by atoms with Crippen LogP contribution in [0.1, 0.15) is 17.0 Å². The number of nitrogens with zero attached hydrogens (tertiary/aromatic N) is 3. The summed E-state index contributed by atoms with van der Waals surface area (Å²) in [5.74, 6) is 0.397. The van der Waals surface area contributed by atoms with E-state index in [-0.39, 0.29) is 17.6 Å². The lowest BCUT2D eigenvalue weighted by Gasteiger charge is -2.04. The highest BCUT2D eigenvalue weighted by atomic mass is 32.2. The van der Waals surface area contributed by atoms with Crippen LogP contribution >= 0.6 is 11.8 Å². The molecule has 0 bridgehead atoms. The van der Waals surface area contributed by atoms with E-state index in [2.05, 4.69) is 30.7 Å². The molecule has 2 rings (SSSR count). The van der Waals surface area contributed by atoms with Gasteiger partial charge in [0.15, 0.2) is 0 Å². The third-order valence-electron chi connectivity index (χ3n) is 2.56. The monoisotopic (exact) mass is 281 g/mol. The van der Waals surface area contributed by atoms with Crippen molar-refractivity contribution in [2.24, 2.45) is 0 Å². The number of carbonyl (C=O) groups excluding carboxylic acids is 1.